The van der Waals surface area contributed by atoms with Gasteiger partial charge >= 0.3 is 0 Å². The Kier molecular flexibility index (Phi) is 5.09. The number of likely N-dealkylation sites (tertiary alicyclic amines) is 1. The van der Waals surface area contributed by atoms with Crippen molar-refractivity contribution in [2.75, 3.05) is 13.1 Å². The van der Waals surface area contributed by atoms with E-state index in [0.29, 0.717) is 17.5 Å². The fraction of sp³-hybridized carbons (Fsp3) is 0.421. The molecule has 1 unspecified atom stereocenters. The third-order valence-corrected chi connectivity index (χ3v) is 5.76. The first kappa shape index (κ1) is 17.9. The van der Waals surface area contributed by atoms with E-state index in [4.69, 9.17) is 8.83 Å². The SMILES string of the molecule is Cc1ccc(C(=O)NC2CCN(C(C)c3nnc(-c4cccs4)o3)CC2)o1. The molecule has 27 heavy (non-hydrogen) atoms. The van der Waals surface area contributed by atoms with Crippen LogP contribution in [0.25, 0.3) is 10.8 Å². The Bertz CT molecular complexity index is 894. The van der Waals surface area contributed by atoms with E-state index in [9.17, 15) is 4.79 Å². The standard InChI is InChI=1S/C19H22N4O3S/c1-12-5-6-15(25-12)17(24)20-14-7-9-23(10-8-14)13(2)18-21-22-19(26-18)16-4-3-11-27-16/h3-6,11,13-14H,7-10H2,1-2H3,(H,20,24). The maximum atomic E-state index is 12.2. The number of nitrogens with zero attached hydrogens (tertiary/aromatic N) is 3. The second-order valence-corrected chi connectivity index (χ2v) is 7.74. The molecular formula is C19H22N4O3S. The van der Waals surface area contributed by atoms with E-state index >= 15 is 0 Å². The van der Waals surface area contributed by atoms with Gasteiger partial charge in [0.25, 0.3) is 11.8 Å². The Labute approximate surface area is 161 Å². The summed E-state index contributed by atoms with van der Waals surface area (Å²) in [6, 6.07) is 7.65. The number of rotatable bonds is 5. The molecule has 1 amide bonds. The summed E-state index contributed by atoms with van der Waals surface area (Å²) in [6.45, 7) is 5.63. The van der Waals surface area contributed by atoms with E-state index in [1.54, 1.807) is 23.5 Å². The van der Waals surface area contributed by atoms with Crippen molar-refractivity contribution >= 4 is 17.2 Å². The normalized spacial score (nSPS) is 17.1. The first-order chi connectivity index (χ1) is 13.1. The van der Waals surface area contributed by atoms with Crippen LogP contribution in [0.4, 0.5) is 0 Å². The van der Waals surface area contributed by atoms with Gasteiger partial charge in [-0.2, -0.15) is 0 Å². The number of carbonyl (C=O) groups is 1. The molecule has 0 spiro atoms. The molecule has 0 aromatic carbocycles. The number of furan rings is 1. The molecule has 1 fully saturated rings. The van der Waals surface area contributed by atoms with E-state index in [-0.39, 0.29) is 18.0 Å². The molecule has 1 aliphatic rings. The fourth-order valence-corrected chi connectivity index (χ4v) is 3.95. The highest BCUT2D eigenvalue weighted by Gasteiger charge is 2.28. The molecule has 0 bridgehead atoms. The smallest absolute Gasteiger partial charge is 0.287 e. The lowest BCUT2D eigenvalue weighted by atomic mass is 10.0. The van der Waals surface area contributed by atoms with E-state index in [1.165, 1.54) is 0 Å². The third kappa shape index (κ3) is 3.96. The first-order valence-electron chi connectivity index (χ1n) is 9.09. The molecule has 1 atom stereocenters. The molecule has 1 N–H and O–H groups in total. The van der Waals surface area contributed by atoms with Crippen molar-refractivity contribution in [2.45, 2.75) is 38.8 Å². The molecule has 1 saturated heterocycles. The summed E-state index contributed by atoms with van der Waals surface area (Å²) < 4.78 is 11.2. The Morgan fingerprint density at radius 2 is 2.07 bits per heavy atom. The van der Waals surface area contributed by atoms with Crippen molar-refractivity contribution in [1.29, 1.82) is 0 Å². The quantitative estimate of drug-likeness (QED) is 0.720. The highest BCUT2D eigenvalue weighted by atomic mass is 32.1. The second kappa shape index (κ2) is 7.66. The number of thiophene rings is 1. The molecule has 142 valence electrons. The number of hydrogen-bond donors (Lipinski definition) is 1. The lowest BCUT2D eigenvalue weighted by Crippen LogP contribution is -2.45. The summed E-state index contributed by atoms with van der Waals surface area (Å²) in [7, 11) is 0. The van der Waals surface area contributed by atoms with Gasteiger partial charge in [-0.3, -0.25) is 9.69 Å². The summed E-state index contributed by atoms with van der Waals surface area (Å²) in [4.78, 5) is 15.5. The Balaban J connectivity index is 1.31. The van der Waals surface area contributed by atoms with Crippen molar-refractivity contribution in [3.05, 3.63) is 47.1 Å². The molecule has 0 radical (unpaired) electrons. The predicted octanol–water partition coefficient (Wildman–Crippen LogP) is 3.65. The van der Waals surface area contributed by atoms with Gasteiger partial charge in [0.2, 0.25) is 5.89 Å². The minimum absolute atomic E-state index is 0.0515. The molecular weight excluding hydrogens is 364 g/mol. The maximum Gasteiger partial charge on any atom is 0.287 e. The molecule has 0 saturated carbocycles. The second-order valence-electron chi connectivity index (χ2n) is 6.79. The molecule has 7 nitrogen and oxygen atoms in total. The Morgan fingerprint density at radius 1 is 1.26 bits per heavy atom. The van der Waals surface area contributed by atoms with Crippen molar-refractivity contribution in [1.82, 2.24) is 20.4 Å². The van der Waals surface area contributed by atoms with Crippen molar-refractivity contribution < 1.29 is 13.6 Å². The van der Waals surface area contributed by atoms with Crippen molar-refractivity contribution in [2.24, 2.45) is 0 Å². The summed E-state index contributed by atoms with van der Waals surface area (Å²) in [6.07, 6.45) is 1.75. The minimum Gasteiger partial charge on any atom is -0.456 e. The fourth-order valence-electron chi connectivity index (χ4n) is 3.30. The van der Waals surface area contributed by atoms with Crippen LogP contribution >= 0.6 is 11.3 Å². The average Bonchev–Trinajstić information content (AvgIpc) is 3.42. The number of hydrogen-bond acceptors (Lipinski definition) is 7. The number of carbonyl (C=O) groups excluding carboxylic acids is 1. The zero-order valence-corrected chi connectivity index (χ0v) is 16.2. The highest BCUT2D eigenvalue weighted by molar-refractivity contribution is 7.13. The molecule has 3 aromatic rings. The topological polar surface area (TPSA) is 84.4 Å². The minimum atomic E-state index is -0.146. The molecule has 4 rings (SSSR count). The summed E-state index contributed by atoms with van der Waals surface area (Å²) in [5.41, 5.74) is 0. The summed E-state index contributed by atoms with van der Waals surface area (Å²) in [5, 5.41) is 13.4. The van der Waals surface area contributed by atoms with Gasteiger partial charge in [-0.15, -0.1) is 21.5 Å². The highest BCUT2D eigenvalue weighted by Crippen LogP contribution is 2.28. The van der Waals surface area contributed by atoms with E-state index in [2.05, 4.69) is 27.3 Å². The summed E-state index contributed by atoms with van der Waals surface area (Å²) in [5.74, 6) is 2.17. The summed E-state index contributed by atoms with van der Waals surface area (Å²) >= 11 is 1.58. The monoisotopic (exact) mass is 386 g/mol. The maximum absolute atomic E-state index is 12.2. The number of aromatic nitrogens is 2. The van der Waals surface area contributed by atoms with Gasteiger partial charge in [0.15, 0.2) is 5.76 Å². The van der Waals surface area contributed by atoms with Crippen LogP contribution in [0, 0.1) is 6.92 Å². The number of nitrogens with one attached hydrogen (secondary N) is 1. The van der Waals surface area contributed by atoms with Gasteiger partial charge in [0.1, 0.15) is 5.76 Å². The van der Waals surface area contributed by atoms with E-state index < -0.39 is 0 Å². The lowest BCUT2D eigenvalue weighted by molar-refractivity contribution is 0.0857. The average molecular weight is 386 g/mol. The van der Waals surface area contributed by atoms with Crippen molar-refractivity contribution in [3.8, 4) is 10.8 Å². The third-order valence-electron chi connectivity index (χ3n) is 4.91. The van der Waals surface area contributed by atoms with E-state index in [0.717, 1.165) is 36.6 Å². The van der Waals surface area contributed by atoms with Gasteiger partial charge < -0.3 is 14.2 Å². The molecule has 0 aliphatic carbocycles. The van der Waals surface area contributed by atoms with Crippen LogP contribution < -0.4 is 5.32 Å². The molecule has 1 aliphatic heterocycles. The number of amides is 1. The van der Waals surface area contributed by atoms with Crippen LogP contribution in [-0.2, 0) is 0 Å². The van der Waals surface area contributed by atoms with Crippen LogP contribution in [0.3, 0.4) is 0 Å². The zero-order chi connectivity index (χ0) is 18.8. The van der Waals surface area contributed by atoms with Gasteiger partial charge in [0.05, 0.1) is 10.9 Å². The Morgan fingerprint density at radius 3 is 2.74 bits per heavy atom. The van der Waals surface area contributed by atoms with Crippen LogP contribution in [0.15, 0.2) is 38.5 Å². The Hall–Kier alpha value is -2.45. The van der Waals surface area contributed by atoms with Crippen molar-refractivity contribution in [3.63, 3.8) is 0 Å². The predicted molar refractivity (Wildman–Crippen MR) is 102 cm³/mol. The molecule has 3 aromatic heterocycles. The van der Waals surface area contributed by atoms with Gasteiger partial charge in [-0.1, -0.05) is 6.07 Å². The van der Waals surface area contributed by atoms with Gasteiger partial charge in [-0.25, -0.2) is 0 Å². The van der Waals surface area contributed by atoms with Gasteiger partial charge in [-0.05, 0) is 50.3 Å². The van der Waals surface area contributed by atoms with Crippen LogP contribution in [0.2, 0.25) is 0 Å². The zero-order valence-electron chi connectivity index (χ0n) is 15.3. The first-order valence-corrected chi connectivity index (χ1v) is 9.97. The van der Waals surface area contributed by atoms with E-state index in [1.807, 2.05) is 24.4 Å². The number of piperidine rings is 1. The molecule has 4 heterocycles. The van der Waals surface area contributed by atoms with Crippen LogP contribution in [0.5, 0.6) is 0 Å². The largest absolute Gasteiger partial charge is 0.456 e. The number of aryl methyl sites for hydroxylation is 1. The van der Waals surface area contributed by atoms with Gasteiger partial charge in [0, 0.05) is 19.1 Å². The van der Waals surface area contributed by atoms with Crippen LogP contribution in [-0.4, -0.2) is 40.1 Å². The molecule has 8 heteroatoms. The lowest BCUT2D eigenvalue weighted by Gasteiger charge is -2.34. The van der Waals surface area contributed by atoms with Crippen LogP contribution in [0.1, 0.15) is 48.0 Å².